The average molecular weight is 230 g/mol. The number of anilines is 1. The predicted octanol–water partition coefficient (Wildman–Crippen LogP) is 1.99. The molecule has 1 aromatic carbocycles. The van der Waals surface area contributed by atoms with Crippen LogP contribution in [0.25, 0.3) is 0 Å². The Labute approximate surface area is 80.7 Å². The molecule has 0 radical (unpaired) electrons. The summed E-state index contributed by atoms with van der Waals surface area (Å²) in [6.07, 6.45) is 0. The van der Waals surface area contributed by atoms with Crippen LogP contribution in [0.3, 0.4) is 0 Å². The van der Waals surface area contributed by atoms with Gasteiger partial charge in [-0.05, 0) is 17.7 Å². The molecule has 0 atom stereocenters. The molecular formula is C9H12BrNO. The molecule has 0 heterocycles. The molecule has 0 aliphatic rings. The van der Waals surface area contributed by atoms with Crippen molar-refractivity contribution in [1.29, 1.82) is 0 Å². The molecular weight excluding hydrogens is 218 g/mol. The Kier molecular flexibility index (Phi) is 4.11. The smallest absolute Gasteiger partial charge is 0.0604 e. The van der Waals surface area contributed by atoms with Gasteiger partial charge in [0, 0.05) is 17.6 Å². The van der Waals surface area contributed by atoms with E-state index in [0.29, 0.717) is 6.54 Å². The van der Waals surface area contributed by atoms with Crippen molar-refractivity contribution >= 4 is 21.6 Å². The van der Waals surface area contributed by atoms with Crippen LogP contribution in [-0.4, -0.2) is 18.3 Å². The lowest BCUT2D eigenvalue weighted by molar-refractivity contribution is 0.311. The van der Waals surface area contributed by atoms with E-state index in [4.69, 9.17) is 5.11 Å². The molecule has 2 N–H and O–H groups in total. The third kappa shape index (κ3) is 2.83. The van der Waals surface area contributed by atoms with Gasteiger partial charge in [0.15, 0.2) is 0 Å². The van der Waals surface area contributed by atoms with Gasteiger partial charge in [-0.1, -0.05) is 28.1 Å². The summed E-state index contributed by atoms with van der Waals surface area (Å²) in [5.74, 6) is 0. The van der Waals surface area contributed by atoms with E-state index in [1.54, 1.807) is 0 Å². The Morgan fingerprint density at radius 1 is 1.25 bits per heavy atom. The minimum atomic E-state index is 0.167. The topological polar surface area (TPSA) is 32.3 Å². The van der Waals surface area contributed by atoms with E-state index in [9.17, 15) is 0 Å². The summed E-state index contributed by atoms with van der Waals surface area (Å²) in [5.41, 5.74) is 2.30. The molecule has 0 bridgehead atoms. The van der Waals surface area contributed by atoms with Crippen LogP contribution in [0.4, 0.5) is 5.69 Å². The maximum atomic E-state index is 8.56. The third-order valence-corrected chi connectivity index (χ3v) is 2.20. The molecule has 3 heteroatoms. The molecule has 66 valence electrons. The number of hydrogen-bond donors (Lipinski definition) is 2. The van der Waals surface area contributed by atoms with E-state index in [-0.39, 0.29) is 6.61 Å². The molecule has 1 rings (SSSR count). The minimum absolute atomic E-state index is 0.167. The largest absolute Gasteiger partial charge is 0.395 e. The molecule has 0 spiro atoms. The van der Waals surface area contributed by atoms with Crippen molar-refractivity contribution in [2.45, 2.75) is 5.33 Å². The molecule has 0 aliphatic heterocycles. The number of nitrogens with one attached hydrogen (secondary N) is 1. The summed E-state index contributed by atoms with van der Waals surface area (Å²) in [7, 11) is 0. The summed E-state index contributed by atoms with van der Waals surface area (Å²) >= 11 is 3.37. The van der Waals surface area contributed by atoms with Gasteiger partial charge in [0.1, 0.15) is 0 Å². The number of halogens is 1. The molecule has 0 aromatic heterocycles. The second-order valence-electron chi connectivity index (χ2n) is 2.48. The van der Waals surface area contributed by atoms with Crippen molar-refractivity contribution < 1.29 is 5.11 Å². The lowest BCUT2D eigenvalue weighted by Crippen LogP contribution is -2.04. The fourth-order valence-electron chi connectivity index (χ4n) is 0.912. The molecule has 1 aromatic rings. The maximum absolute atomic E-state index is 8.56. The highest BCUT2D eigenvalue weighted by Gasteiger charge is 1.91. The van der Waals surface area contributed by atoms with Gasteiger partial charge in [-0.25, -0.2) is 0 Å². The summed E-state index contributed by atoms with van der Waals surface area (Å²) in [5, 5.41) is 12.5. The fraction of sp³-hybridized carbons (Fsp3) is 0.333. The number of aliphatic hydroxyl groups is 1. The Balaban J connectivity index is 2.53. The van der Waals surface area contributed by atoms with E-state index < -0.39 is 0 Å². The lowest BCUT2D eigenvalue weighted by atomic mass is 10.2. The van der Waals surface area contributed by atoms with Crippen molar-refractivity contribution in [2.75, 3.05) is 18.5 Å². The Morgan fingerprint density at radius 3 is 2.42 bits per heavy atom. The lowest BCUT2D eigenvalue weighted by Gasteiger charge is -2.03. The molecule has 0 saturated heterocycles. The van der Waals surface area contributed by atoms with Crippen LogP contribution in [0.1, 0.15) is 5.56 Å². The van der Waals surface area contributed by atoms with E-state index in [2.05, 4.69) is 33.4 Å². The Morgan fingerprint density at radius 2 is 1.92 bits per heavy atom. The Hall–Kier alpha value is -0.540. The van der Waals surface area contributed by atoms with Gasteiger partial charge in [-0.15, -0.1) is 0 Å². The van der Waals surface area contributed by atoms with Crippen LogP contribution in [0, 0.1) is 0 Å². The third-order valence-electron chi connectivity index (χ3n) is 1.55. The highest BCUT2D eigenvalue weighted by atomic mass is 79.9. The molecule has 0 saturated carbocycles. The second kappa shape index (κ2) is 5.17. The van der Waals surface area contributed by atoms with Crippen LogP contribution in [0.2, 0.25) is 0 Å². The number of hydrogen-bond acceptors (Lipinski definition) is 2. The van der Waals surface area contributed by atoms with Crippen molar-refractivity contribution in [1.82, 2.24) is 0 Å². The molecule has 0 unspecified atom stereocenters. The minimum Gasteiger partial charge on any atom is -0.395 e. The van der Waals surface area contributed by atoms with Crippen LogP contribution in [0.15, 0.2) is 24.3 Å². The van der Waals surface area contributed by atoms with E-state index in [1.165, 1.54) is 5.56 Å². The SMILES string of the molecule is OCCNc1ccc(CBr)cc1. The number of alkyl halides is 1. The van der Waals surface area contributed by atoms with Crippen molar-refractivity contribution in [3.05, 3.63) is 29.8 Å². The average Bonchev–Trinajstić information content (AvgIpc) is 2.15. The number of rotatable bonds is 4. The first-order valence-corrected chi connectivity index (χ1v) is 4.98. The zero-order chi connectivity index (χ0) is 8.81. The van der Waals surface area contributed by atoms with E-state index in [0.717, 1.165) is 11.0 Å². The molecule has 2 nitrogen and oxygen atoms in total. The molecule has 0 amide bonds. The van der Waals surface area contributed by atoms with Gasteiger partial charge in [-0.2, -0.15) is 0 Å². The Bertz CT molecular complexity index is 222. The van der Waals surface area contributed by atoms with Crippen LogP contribution < -0.4 is 5.32 Å². The highest BCUT2D eigenvalue weighted by molar-refractivity contribution is 9.08. The number of benzene rings is 1. The van der Waals surface area contributed by atoms with E-state index >= 15 is 0 Å². The van der Waals surface area contributed by atoms with E-state index in [1.807, 2.05) is 12.1 Å². The summed E-state index contributed by atoms with van der Waals surface area (Å²) in [6.45, 7) is 0.772. The zero-order valence-corrected chi connectivity index (χ0v) is 8.34. The van der Waals surface area contributed by atoms with Crippen LogP contribution >= 0.6 is 15.9 Å². The summed E-state index contributed by atoms with van der Waals surface area (Å²) < 4.78 is 0. The maximum Gasteiger partial charge on any atom is 0.0604 e. The van der Waals surface area contributed by atoms with Crippen molar-refractivity contribution in [3.8, 4) is 0 Å². The van der Waals surface area contributed by atoms with Gasteiger partial charge in [0.2, 0.25) is 0 Å². The summed E-state index contributed by atoms with van der Waals surface area (Å²) in [4.78, 5) is 0. The van der Waals surface area contributed by atoms with Crippen LogP contribution in [-0.2, 0) is 5.33 Å². The van der Waals surface area contributed by atoms with Gasteiger partial charge in [0.25, 0.3) is 0 Å². The van der Waals surface area contributed by atoms with Gasteiger partial charge < -0.3 is 10.4 Å². The van der Waals surface area contributed by atoms with Crippen molar-refractivity contribution in [2.24, 2.45) is 0 Å². The monoisotopic (exact) mass is 229 g/mol. The molecule has 12 heavy (non-hydrogen) atoms. The zero-order valence-electron chi connectivity index (χ0n) is 6.76. The first-order valence-electron chi connectivity index (χ1n) is 3.86. The van der Waals surface area contributed by atoms with Gasteiger partial charge >= 0.3 is 0 Å². The number of aliphatic hydroxyl groups excluding tert-OH is 1. The molecule has 0 fully saturated rings. The normalized spacial score (nSPS) is 9.83. The highest BCUT2D eigenvalue weighted by Crippen LogP contribution is 2.11. The first-order chi connectivity index (χ1) is 5.86. The summed E-state index contributed by atoms with van der Waals surface area (Å²) in [6, 6.07) is 8.11. The predicted molar refractivity (Wildman–Crippen MR) is 54.6 cm³/mol. The second-order valence-corrected chi connectivity index (χ2v) is 3.04. The fourth-order valence-corrected chi connectivity index (χ4v) is 1.29. The van der Waals surface area contributed by atoms with Gasteiger partial charge in [-0.3, -0.25) is 0 Å². The standard InChI is InChI=1S/C9H12BrNO/c10-7-8-1-3-9(4-2-8)11-5-6-12/h1-4,11-12H,5-7H2. The molecule has 0 aliphatic carbocycles. The van der Waals surface area contributed by atoms with Crippen LogP contribution in [0.5, 0.6) is 0 Å². The first kappa shape index (κ1) is 9.55. The quantitative estimate of drug-likeness (QED) is 0.775. The van der Waals surface area contributed by atoms with Crippen molar-refractivity contribution in [3.63, 3.8) is 0 Å². The van der Waals surface area contributed by atoms with Gasteiger partial charge in [0.05, 0.1) is 6.61 Å².